The Bertz CT molecular complexity index is 1930. The summed E-state index contributed by atoms with van der Waals surface area (Å²) in [4.78, 5) is 16.3. The number of fused-ring (bicyclic) bond motifs is 3. The van der Waals surface area contributed by atoms with Crippen molar-refractivity contribution in [2.24, 2.45) is 0 Å². The third-order valence-corrected chi connectivity index (χ3v) is 7.60. The third kappa shape index (κ3) is 3.94. The smallest absolute Gasteiger partial charge is 0.138 e. The lowest BCUT2D eigenvalue weighted by atomic mass is 9.97. The summed E-state index contributed by atoms with van der Waals surface area (Å²) in [6.07, 6.45) is 0. The average Bonchev–Trinajstić information content (AvgIpc) is 3.66. The summed E-state index contributed by atoms with van der Waals surface area (Å²) in [7, 11) is 0. The number of nitrogens with one attached hydrogen (secondary N) is 2. The summed E-state index contributed by atoms with van der Waals surface area (Å²) in [6.45, 7) is 0. The quantitative estimate of drug-likeness (QED) is 0.247. The SMILES string of the molecule is c1ccc2[nH]c(-c3ccc(-c4ccc5ccc(-c6ccc(-c7nc8ccccc8[nH]7)cc6)cc5c4)cc3)nc2c1. The van der Waals surface area contributed by atoms with Crippen LogP contribution in [0.4, 0.5) is 0 Å². The van der Waals surface area contributed by atoms with Crippen molar-refractivity contribution >= 4 is 32.8 Å². The molecular weight excluding hydrogens is 488 g/mol. The fourth-order valence-electron chi connectivity index (χ4n) is 5.43. The van der Waals surface area contributed by atoms with Crippen molar-refractivity contribution in [3.8, 4) is 45.0 Å². The van der Waals surface area contributed by atoms with Crippen LogP contribution < -0.4 is 0 Å². The number of nitrogens with zero attached hydrogens (tertiary/aromatic N) is 2. The second-order valence-corrected chi connectivity index (χ2v) is 10.1. The maximum atomic E-state index is 4.74. The molecule has 0 bridgehead atoms. The Morgan fingerprint density at radius 2 is 0.750 bits per heavy atom. The molecule has 4 heteroatoms. The van der Waals surface area contributed by atoms with E-state index in [9.17, 15) is 0 Å². The standard InChI is InChI=1S/C36H24N4/c1-2-6-32-31(5-1)37-35(38-32)26-15-9-23(10-16-26)28-19-13-25-14-20-29(22-30(25)21-28)24-11-17-27(18-12-24)36-39-33-7-3-4-8-34(33)40-36/h1-22H,(H,37,38)(H,39,40). The lowest BCUT2D eigenvalue weighted by Gasteiger charge is -2.08. The van der Waals surface area contributed by atoms with E-state index in [1.165, 1.54) is 33.0 Å². The lowest BCUT2D eigenvalue weighted by Crippen LogP contribution is -1.84. The molecule has 0 aliphatic heterocycles. The number of hydrogen-bond acceptors (Lipinski definition) is 2. The van der Waals surface area contributed by atoms with Crippen LogP contribution in [0.5, 0.6) is 0 Å². The molecular formula is C36H24N4. The van der Waals surface area contributed by atoms with Crippen LogP contribution in [0.2, 0.25) is 0 Å². The zero-order valence-corrected chi connectivity index (χ0v) is 21.6. The van der Waals surface area contributed by atoms with Crippen molar-refractivity contribution in [2.75, 3.05) is 0 Å². The van der Waals surface area contributed by atoms with Crippen LogP contribution in [0.15, 0.2) is 133 Å². The van der Waals surface area contributed by atoms with Gasteiger partial charge in [0.05, 0.1) is 22.1 Å². The Morgan fingerprint density at radius 1 is 0.350 bits per heavy atom. The predicted molar refractivity (Wildman–Crippen MR) is 165 cm³/mol. The van der Waals surface area contributed by atoms with Gasteiger partial charge in [0, 0.05) is 11.1 Å². The molecule has 2 N–H and O–H groups in total. The van der Waals surface area contributed by atoms with Crippen LogP contribution in [0.1, 0.15) is 0 Å². The maximum absolute atomic E-state index is 4.74. The molecule has 0 atom stereocenters. The Kier molecular flexibility index (Phi) is 5.10. The van der Waals surface area contributed by atoms with Crippen LogP contribution in [0, 0.1) is 0 Å². The molecule has 4 nitrogen and oxygen atoms in total. The molecule has 8 rings (SSSR count). The van der Waals surface area contributed by atoms with Gasteiger partial charge in [0.1, 0.15) is 11.6 Å². The molecule has 0 radical (unpaired) electrons. The molecule has 0 amide bonds. The van der Waals surface area contributed by atoms with Gasteiger partial charge in [-0.2, -0.15) is 0 Å². The molecule has 188 valence electrons. The van der Waals surface area contributed by atoms with Crippen LogP contribution in [-0.4, -0.2) is 19.9 Å². The Hall–Kier alpha value is -5.48. The third-order valence-electron chi connectivity index (χ3n) is 7.60. The highest BCUT2D eigenvalue weighted by Gasteiger charge is 2.08. The number of hydrogen-bond donors (Lipinski definition) is 2. The van der Waals surface area contributed by atoms with Gasteiger partial charge in [-0.3, -0.25) is 0 Å². The number of rotatable bonds is 4. The van der Waals surface area contributed by atoms with Crippen molar-refractivity contribution in [1.82, 2.24) is 19.9 Å². The van der Waals surface area contributed by atoms with E-state index in [1.54, 1.807) is 0 Å². The van der Waals surface area contributed by atoms with Gasteiger partial charge < -0.3 is 9.97 Å². The van der Waals surface area contributed by atoms with Crippen molar-refractivity contribution in [3.63, 3.8) is 0 Å². The van der Waals surface area contributed by atoms with Crippen LogP contribution in [0.3, 0.4) is 0 Å². The van der Waals surface area contributed by atoms with Gasteiger partial charge in [0.2, 0.25) is 0 Å². The number of aromatic nitrogens is 4. The van der Waals surface area contributed by atoms with Crippen LogP contribution in [0.25, 0.3) is 77.9 Å². The van der Waals surface area contributed by atoms with E-state index in [0.717, 1.165) is 44.8 Å². The summed E-state index contributed by atoms with van der Waals surface area (Å²) >= 11 is 0. The average molecular weight is 513 g/mol. The molecule has 0 saturated heterocycles. The topological polar surface area (TPSA) is 57.4 Å². The van der Waals surface area contributed by atoms with E-state index in [1.807, 2.05) is 36.4 Å². The minimum absolute atomic E-state index is 0.891. The Balaban J connectivity index is 1.08. The first-order valence-electron chi connectivity index (χ1n) is 13.4. The number of benzene rings is 6. The number of para-hydroxylation sites is 4. The molecule has 0 spiro atoms. The minimum Gasteiger partial charge on any atom is -0.338 e. The maximum Gasteiger partial charge on any atom is 0.138 e. The molecule has 40 heavy (non-hydrogen) atoms. The van der Waals surface area contributed by atoms with Crippen LogP contribution >= 0.6 is 0 Å². The van der Waals surface area contributed by atoms with Gasteiger partial charge in [0.15, 0.2) is 0 Å². The highest BCUT2D eigenvalue weighted by atomic mass is 14.9. The molecule has 8 aromatic rings. The van der Waals surface area contributed by atoms with Gasteiger partial charge in [-0.05, 0) is 69.4 Å². The molecule has 2 aromatic heterocycles. The summed E-state index contributed by atoms with van der Waals surface area (Å²) in [5.41, 5.74) is 11.0. The zero-order chi connectivity index (χ0) is 26.5. The van der Waals surface area contributed by atoms with Gasteiger partial charge in [-0.1, -0.05) is 97.1 Å². The summed E-state index contributed by atoms with van der Waals surface area (Å²) in [5.74, 6) is 1.78. The van der Waals surface area contributed by atoms with Crippen molar-refractivity contribution in [2.45, 2.75) is 0 Å². The van der Waals surface area contributed by atoms with E-state index < -0.39 is 0 Å². The predicted octanol–water partition coefficient (Wildman–Crippen LogP) is 9.26. The van der Waals surface area contributed by atoms with Gasteiger partial charge >= 0.3 is 0 Å². The van der Waals surface area contributed by atoms with Gasteiger partial charge in [-0.15, -0.1) is 0 Å². The molecule has 2 heterocycles. The zero-order valence-electron chi connectivity index (χ0n) is 21.6. The number of imidazole rings is 2. The lowest BCUT2D eigenvalue weighted by molar-refractivity contribution is 1.34. The van der Waals surface area contributed by atoms with E-state index in [0.29, 0.717) is 0 Å². The van der Waals surface area contributed by atoms with Crippen molar-refractivity contribution in [3.05, 3.63) is 133 Å². The Labute approximate surface area is 231 Å². The first kappa shape index (κ1) is 22.5. The van der Waals surface area contributed by atoms with Crippen LogP contribution in [-0.2, 0) is 0 Å². The normalized spacial score (nSPS) is 11.5. The summed E-state index contributed by atoms with van der Waals surface area (Å²) in [6, 6.07) is 46.8. The second kappa shape index (κ2) is 9.07. The van der Waals surface area contributed by atoms with E-state index >= 15 is 0 Å². The molecule has 0 aliphatic rings. The summed E-state index contributed by atoms with van der Waals surface area (Å²) in [5, 5.41) is 2.45. The molecule has 0 saturated carbocycles. The molecule has 0 unspecified atom stereocenters. The largest absolute Gasteiger partial charge is 0.338 e. The first-order valence-corrected chi connectivity index (χ1v) is 13.4. The molecule has 0 fully saturated rings. The second-order valence-electron chi connectivity index (χ2n) is 10.1. The number of H-pyrrole nitrogens is 2. The van der Waals surface area contributed by atoms with E-state index in [4.69, 9.17) is 9.97 Å². The first-order chi connectivity index (χ1) is 19.8. The van der Waals surface area contributed by atoms with E-state index in [-0.39, 0.29) is 0 Å². The number of aromatic amines is 2. The minimum atomic E-state index is 0.891. The highest BCUT2D eigenvalue weighted by molar-refractivity contribution is 5.91. The van der Waals surface area contributed by atoms with Crippen molar-refractivity contribution < 1.29 is 0 Å². The molecule has 6 aromatic carbocycles. The fraction of sp³-hybridized carbons (Fsp3) is 0. The van der Waals surface area contributed by atoms with Gasteiger partial charge in [0.25, 0.3) is 0 Å². The fourth-order valence-corrected chi connectivity index (χ4v) is 5.43. The van der Waals surface area contributed by atoms with Crippen molar-refractivity contribution in [1.29, 1.82) is 0 Å². The van der Waals surface area contributed by atoms with E-state index in [2.05, 4.69) is 107 Å². The molecule has 0 aliphatic carbocycles. The summed E-state index contributed by atoms with van der Waals surface area (Å²) < 4.78 is 0. The highest BCUT2D eigenvalue weighted by Crippen LogP contribution is 2.31. The monoisotopic (exact) mass is 512 g/mol. The Morgan fingerprint density at radius 3 is 1.20 bits per heavy atom. The van der Waals surface area contributed by atoms with Gasteiger partial charge in [-0.25, -0.2) is 9.97 Å².